The van der Waals surface area contributed by atoms with Gasteiger partial charge in [-0.15, -0.1) is 0 Å². The van der Waals surface area contributed by atoms with Crippen LogP contribution in [0.1, 0.15) is 18.4 Å². The predicted molar refractivity (Wildman–Crippen MR) is 98.1 cm³/mol. The topological polar surface area (TPSA) is 87.6 Å². The minimum absolute atomic E-state index is 0.0376. The number of nitrogens with zero attached hydrogens (tertiary/aromatic N) is 3. The number of aliphatic hydroxyl groups is 1. The van der Waals surface area contributed by atoms with Crippen LogP contribution in [0.3, 0.4) is 0 Å². The number of anilines is 1. The molecule has 1 aliphatic rings. The number of carbonyl (C=O) groups excluding carboxylic acids is 1. The third-order valence-electron chi connectivity index (χ3n) is 4.47. The third-order valence-corrected chi connectivity index (χ3v) is 4.47. The van der Waals surface area contributed by atoms with Gasteiger partial charge in [0.1, 0.15) is 12.4 Å². The molecule has 2 aromatic rings. The Morgan fingerprint density at radius 2 is 1.96 bits per heavy atom. The molecule has 26 heavy (non-hydrogen) atoms. The Kier molecular flexibility index (Phi) is 6.01. The molecule has 1 aromatic carbocycles. The van der Waals surface area contributed by atoms with Crippen molar-refractivity contribution in [2.45, 2.75) is 31.9 Å². The summed E-state index contributed by atoms with van der Waals surface area (Å²) < 4.78 is 5.55. The Morgan fingerprint density at radius 3 is 2.65 bits per heavy atom. The zero-order chi connectivity index (χ0) is 18.4. The second-order valence-corrected chi connectivity index (χ2v) is 6.41. The lowest BCUT2D eigenvalue weighted by molar-refractivity contribution is -0.131. The summed E-state index contributed by atoms with van der Waals surface area (Å²) in [4.78, 5) is 22.8. The summed E-state index contributed by atoms with van der Waals surface area (Å²) in [7, 11) is 0. The molecule has 3 rings (SSSR count). The fourth-order valence-electron chi connectivity index (χ4n) is 2.94. The average Bonchev–Trinajstić information content (AvgIpc) is 2.68. The quantitative estimate of drug-likeness (QED) is 0.811. The van der Waals surface area contributed by atoms with Crippen molar-refractivity contribution in [1.29, 1.82) is 0 Å². The number of carbonyl (C=O) groups is 1. The van der Waals surface area contributed by atoms with Crippen LogP contribution in [0.15, 0.2) is 42.7 Å². The van der Waals surface area contributed by atoms with Crippen LogP contribution in [0.5, 0.6) is 5.75 Å². The molecule has 2 N–H and O–H groups in total. The van der Waals surface area contributed by atoms with E-state index in [1.807, 2.05) is 31.2 Å². The smallest absolute Gasteiger partial charge is 0.252 e. The number of benzene rings is 1. The van der Waals surface area contributed by atoms with E-state index in [2.05, 4.69) is 20.2 Å². The minimum atomic E-state index is -1.19. The molecule has 1 aliphatic heterocycles. The maximum atomic E-state index is 12.2. The number of nitrogens with one attached hydrogen (secondary N) is 1. The molecule has 1 atom stereocenters. The molecule has 0 saturated carbocycles. The van der Waals surface area contributed by atoms with Gasteiger partial charge in [0, 0.05) is 31.5 Å². The van der Waals surface area contributed by atoms with Crippen LogP contribution in [0, 0.1) is 6.92 Å². The Labute approximate surface area is 153 Å². The van der Waals surface area contributed by atoms with Gasteiger partial charge in [-0.2, -0.15) is 0 Å². The molecule has 1 aromatic heterocycles. The second-order valence-electron chi connectivity index (χ2n) is 6.41. The van der Waals surface area contributed by atoms with Crippen molar-refractivity contribution >= 4 is 11.9 Å². The number of ether oxygens (including phenoxy) is 1. The molecule has 0 radical (unpaired) electrons. The maximum absolute atomic E-state index is 12.2. The van der Waals surface area contributed by atoms with Crippen molar-refractivity contribution in [1.82, 2.24) is 15.3 Å². The van der Waals surface area contributed by atoms with Crippen LogP contribution in [0.4, 0.5) is 5.95 Å². The number of amides is 1. The van der Waals surface area contributed by atoms with Gasteiger partial charge in [0.05, 0.1) is 0 Å². The molecule has 0 unspecified atom stereocenters. The number of rotatable bonds is 6. The van der Waals surface area contributed by atoms with E-state index in [9.17, 15) is 9.90 Å². The van der Waals surface area contributed by atoms with Gasteiger partial charge in [0.25, 0.3) is 5.91 Å². The standard InChI is InChI=1S/C19H24N4O3/c1-14-5-2-3-6-17(14)26-13-16(24)18(25)22-15-7-11-23(12-8-15)19-20-9-4-10-21-19/h2-6,9-10,15-16,24H,7-8,11-13H2,1H3,(H,22,25)/t16-/m0/s1. The highest BCUT2D eigenvalue weighted by Gasteiger charge is 2.25. The van der Waals surface area contributed by atoms with E-state index in [1.54, 1.807) is 18.5 Å². The van der Waals surface area contributed by atoms with Gasteiger partial charge in [-0.1, -0.05) is 18.2 Å². The van der Waals surface area contributed by atoms with Crippen LogP contribution in [0.25, 0.3) is 0 Å². The molecule has 1 fully saturated rings. The van der Waals surface area contributed by atoms with E-state index >= 15 is 0 Å². The zero-order valence-electron chi connectivity index (χ0n) is 14.8. The molecule has 0 spiro atoms. The van der Waals surface area contributed by atoms with E-state index in [1.165, 1.54) is 0 Å². The van der Waals surface area contributed by atoms with Crippen molar-refractivity contribution in [3.05, 3.63) is 48.3 Å². The lowest BCUT2D eigenvalue weighted by atomic mass is 10.1. The molecular formula is C19H24N4O3. The van der Waals surface area contributed by atoms with E-state index in [-0.39, 0.29) is 12.6 Å². The molecule has 7 nitrogen and oxygen atoms in total. The van der Waals surface area contributed by atoms with Gasteiger partial charge in [-0.25, -0.2) is 9.97 Å². The summed E-state index contributed by atoms with van der Waals surface area (Å²) in [6, 6.07) is 9.34. The molecule has 138 valence electrons. The largest absolute Gasteiger partial charge is 0.490 e. The number of aryl methyl sites for hydroxylation is 1. The Balaban J connectivity index is 1.43. The number of hydrogen-bond donors (Lipinski definition) is 2. The number of aliphatic hydroxyl groups excluding tert-OH is 1. The number of piperidine rings is 1. The first-order valence-electron chi connectivity index (χ1n) is 8.82. The SMILES string of the molecule is Cc1ccccc1OC[C@H](O)C(=O)NC1CCN(c2ncccn2)CC1. The monoisotopic (exact) mass is 356 g/mol. The third kappa shape index (κ3) is 4.70. The Hall–Kier alpha value is -2.67. The summed E-state index contributed by atoms with van der Waals surface area (Å²) in [6.07, 6.45) is 3.83. The molecule has 1 saturated heterocycles. The predicted octanol–water partition coefficient (Wildman–Crippen LogP) is 1.31. The highest BCUT2D eigenvalue weighted by atomic mass is 16.5. The van der Waals surface area contributed by atoms with Crippen LogP contribution in [-0.2, 0) is 4.79 Å². The summed E-state index contributed by atoms with van der Waals surface area (Å²) in [5, 5.41) is 13.0. The molecule has 2 heterocycles. The van der Waals surface area contributed by atoms with E-state index in [0.29, 0.717) is 11.7 Å². The van der Waals surface area contributed by atoms with Gasteiger partial charge in [-0.3, -0.25) is 4.79 Å². The van der Waals surface area contributed by atoms with Crippen LogP contribution in [-0.4, -0.2) is 52.8 Å². The van der Waals surface area contributed by atoms with Crippen molar-refractivity contribution in [2.24, 2.45) is 0 Å². The molecular weight excluding hydrogens is 332 g/mol. The van der Waals surface area contributed by atoms with E-state index in [4.69, 9.17) is 4.74 Å². The summed E-state index contributed by atoms with van der Waals surface area (Å²) in [6.45, 7) is 3.40. The molecule has 0 bridgehead atoms. The van der Waals surface area contributed by atoms with Gasteiger partial charge in [0.2, 0.25) is 5.95 Å². The Morgan fingerprint density at radius 1 is 1.27 bits per heavy atom. The molecule has 1 amide bonds. The van der Waals surface area contributed by atoms with Crippen LogP contribution < -0.4 is 15.0 Å². The van der Waals surface area contributed by atoms with E-state index < -0.39 is 12.0 Å². The molecule has 0 aliphatic carbocycles. The first-order chi connectivity index (χ1) is 12.6. The van der Waals surface area contributed by atoms with Gasteiger partial charge >= 0.3 is 0 Å². The van der Waals surface area contributed by atoms with Crippen molar-refractivity contribution in [2.75, 3.05) is 24.6 Å². The normalized spacial score (nSPS) is 16.2. The summed E-state index contributed by atoms with van der Waals surface area (Å²) >= 11 is 0. The lowest BCUT2D eigenvalue weighted by Crippen LogP contribution is -2.49. The average molecular weight is 356 g/mol. The van der Waals surface area contributed by atoms with Crippen molar-refractivity contribution in [3.63, 3.8) is 0 Å². The zero-order valence-corrected chi connectivity index (χ0v) is 14.8. The first-order valence-corrected chi connectivity index (χ1v) is 8.82. The molecule has 7 heteroatoms. The number of para-hydroxylation sites is 1. The summed E-state index contributed by atoms with van der Waals surface area (Å²) in [5.74, 6) is 0.993. The lowest BCUT2D eigenvalue weighted by Gasteiger charge is -2.32. The van der Waals surface area contributed by atoms with E-state index in [0.717, 1.165) is 31.5 Å². The van der Waals surface area contributed by atoms with Gasteiger partial charge in [0.15, 0.2) is 6.10 Å². The minimum Gasteiger partial charge on any atom is -0.490 e. The highest BCUT2D eigenvalue weighted by molar-refractivity contribution is 5.81. The fourth-order valence-corrected chi connectivity index (χ4v) is 2.94. The van der Waals surface area contributed by atoms with Crippen molar-refractivity contribution < 1.29 is 14.6 Å². The summed E-state index contributed by atoms with van der Waals surface area (Å²) in [5.41, 5.74) is 0.968. The Bertz CT molecular complexity index is 718. The first kappa shape index (κ1) is 18.1. The van der Waals surface area contributed by atoms with Crippen LogP contribution >= 0.6 is 0 Å². The van der Waals surface area contributed by atoms with Crippen molar-refractivity contribution in [3.8, 4) is 5.75 Å². The number of aromatic nitrogens is 2. The highest BCUT2D eigenvalue weighted by Crippen LogP contribution is 2.17. The number of hydrogen-bond acceptors (Lipinski definition) is 6. The van der Waals surface area contributed by atoms with Crippen LogP contribution in [0.2, 0.25) is 0 Å². The fraction of sp³-hybridized carbons (Fsp3) is 0.421. The second kappa shape index (κ2) is 8.62. The van der Waals surface area contributed by atoms with Gasteiger partial charge < -0.3 is 20.1 Å². The van der Waals surface area contributed by atoms with Gasteiger partial charge in [-0.05, 0) is 37.5 Å². The maximum Gasteiger partial charge on any atom is 0.252 e.